The third kappa shape index (κ3) is 5.92. The first-order valence-electron chi connectivity index (χ1n) is 10.3. The summed E-state index contributed by atoms with van der Waals surface area (Å²) in [7, 11) is 0. The molecule has 0 aliphatic rings. The molecule has 3 aromatic rings. The van der Waals surface area contributed by atoms with Gasteiger partial charge in [-0.05, 0) is 80.7 Å². The number of para-hydroxylation sites is 1. The maximum atomic E-state index is 12.9. The average Bonchev–Trinajstić information content (AvgIpc) is 2.81. The normalized spacial score (nSPS) is 10.2. The number of carbonyl (C=O) groups is 2. The van der Waals surface area contributed by atoms with Gasteiger partial charge < -0.3 is 15.0 Å². The van der Waals surface area contributed by atoms with Crippen LogP contribution in [0.15, 0.2) is 78.9 Å². The molecule has 0 bridgehead atoms. The predicted molar refractivity (Wildman–Crippen MR) is 132 cm³/mol. The Bertz CT molecular complexity index is 1090. The van der Waals surface area contributed by atoms with Crippen molar-refractivity contribution in [1.29, 1.82) is 0 Å². The van der Waals surface area contributed by atoms with Crippen LogP contribution in [0.4, 0.5) is 11.4 Å². The molecule has 0 spiro atoms. The van der Waals surface area contributed by atoms with Crippen LogP contribution >= 0.6 is 12.2 Å². The zero-order chi connectivity index (χ0) is 22.9. The summed E-state index contributed by atoms with van der Waals surface area (Å²) in [5, 5.41) is 5.78. The molecule has 164 valence electrons. The van der Waals surface area contributed by atoms with Crippen LogP contribution in [0.2, 0.25) is 0 Å². The number of carbonyl (C=O) groups excluding carboxylic acids is 2. The lowest BCUT2D eigenvalue weighted by molar-refractivity contribution is 0.0973. The van der Waals surface area contributed by atoms with Crippen molar-refractivity contribution in [3.05, 3.63) is 90.0 Å². The van der Waals surface area contributed by atoms with E-state index in [1.54, 1.807) is 53.4 Å². The molecule has 32 heavy (non-hydrogen) atoms. The number of hydrogen-bond donors (Lipinski definition) is 2. The van der Waals surface area contributed by atoms with E-state index in [1.165, 1.54) is 0 Å². The summed E-state index contributed by atoms with van der Waals surface area (Å²) in [6.45, 7) is 4.90. The Balaban J connectivity index is 1.61. The van der Waals surface area contributed by atoms with E-state index in [-0.39, 0.29) is 16.9 Å². The van der Waals surface area contributed by atoms with Gasteiger partial charge >= 0.3 is 0 Å². The predicted octanol–water partition coefficient (Wildman–Crippen LogP) is 4.88. The summed E-state index contributed by atoms with van der Waals surface area (Å²) >= 11 is 5.26. The van der Waals surface area contributed by atoms with Gasteiger partial charge in [-0.25, -0.2) is 0 Å². The summed E-state index contributed by atoms with van der Waals surface area (Å²) in [5.41, 5.74) is 2.52. The van der Waals surface area contributed by atoms with Crippen molar-refractivity contribution >= 4 is 40.5 Å². The van der Waals surface area contributed by atoms with Gasteiger partial charge in [0.2, 0.25) is 0 Å². The fourth-order valence-electron chi connectivity index (χ4n) is 3.13. The van der Waals surface area contributed by atoms with Crippen LogP contribution in [0, 0.1) is 0 Å². The summed E-state index contributed by atoms with van der Waals surface area (Å²) in [6, 6.07) is 23.4. The number of anilines is 2. The highest BCUT2D eigenvalue weighted by Gasteiger charge is 2.16. The Labute approximate surface area is 193 Å². The number of benzene rings is 3. The number of hydrogen-bond acceptors (Lipinski definition) is 4. The summed E-state index contributed by atoms with van der Waals surface area (Å²) < 4.78 is 5.42. The number of nitrogens with zero attached hydrogens (tertiary/aromatic N) is 1. The highest BCUT2D eigenvalue weighted by atomic mass is 32.1. The Hall–Kier alpha value is -3.71. The third-order valence-corrected chi connectivity index (χ3v) is 4.86. The maximum Gasteiger partial charge on any atom is 0.258 e. The minimum absolute atomic E-state index is 0.0877. The monoisotopic (exact) mass is 447 g/mol. The van der Waals surface area contributed by atoms with Crippen LogP contribution in [0.25, 0.3) is 0 Å². The lowest BCUT2D eigenvalue weighted by atomic mass is 10.1. The molecule has 0 saturated carbocycles. The molecule has 7 heteroatoms. The molecular formula is C25H25N3O3S. The van der Waals surface area contributed by atoms with Gasteiger partial charge in [0.1, 0.15) is 5.75 Å². The van der Waals surface area contributed by atoms with E-state index >= 15 is 0 Å². The quantitative estimate of drug-likeness (QED) is 0.505. The van der Waals surface area contributed by atoms with Crippen molar-refractivity contribution < 1.29 is 14.3 Å². The lowest BCUT2D eigenvalue weighted by Gasteiger charge is -2.21. The fraction of sp³-hybridized carbons (Fsp3) is 0.160. The molecule has 0 atom stereocenters. The topological polar surface area (TPSA) is 70.7 Å². The standard InChI is InChI=1S/C25H25N3O3S/c1-3-28(21-10-6-5-7-11-21)24(30)18-13-15-20(16-14-18)26-25(32)27-23(29)19-9-8-12-22(17-19)31-4-2/h5-17H,3-4H2,1-2H3,(H2,26,27,29,32). The highest BCUT2D eigenvalue weighted by molar-refractivity contribution is 7.80. The van der Waals surface area contributed by atoms with Crippen LogP contribution in [0.3, 0.4) is 0 Å². The molecule has 0 saturated heterocycles. The van der Waals surface area contributed by atoms with E-state index in [2.05, 4.69) is 10.6 Å². The molecule has 0 radical (unpaired) electrons. The van der Waals surface area contributed by atoms with Crippen LogP contribution in [-0.2, 0) is 0 Å². The molecule has 0 heterocycles. The van der Waals surface area contributed by atoms with E-state index in [1.807, 2.05) is 44.2 Å². The molecule has 0 aliphatic heterocycles. The number of rotatable bonds is 7. The van der Waals surface area contributed by atoms with Gasteiger partial charge in [0.15, 0.2) is 5.11 Å². The molecular weight excluding hydrogens is 422 g/mol. The number of thiocarbonyl (C=S) groups is 1. The van der Waals surface area contributed by atoms with Crippen molar-refractivity contribution in [3.8, 4) is 5.75 Å². The van der Waals surface area contributed by atoms with Gasteiger partial charge in [-0.3, -0.25) is 14.9 Å². The smallest absolute Gasteiger partial charge is 0.258 e. The van der Waals surface area contributed by atoms with Gasteiger partial charge in [-0.2, -0.15) is 0 Å². The van der Waals surface area contributed by atoms with Gasteiger partial charge in [0.05, 0.1) is 6.61 Å². The van der Waals surface area contributed by atoms with E-state index in [4.69, 9.17) is 17.0 Å². The second-order valence-electron chi connectivity index (χ2n) is 6.83. The Kier molecular flexibility index (Phi) is 7.94. The maximum absolute atomic E-state index is 12.9. The number of nitrogens with one attached hydrogen (secondary N) is 2. The zero-order valence-corrected chi connectivity index (χ0v) is 18.8. The average molecular weight is 448 g/mol. The Morgan fingerprint density at radius 3 is 2.28 bits per heavy atom. The van der Waals surface area contributed by atoms with Crippen molar-refractivity contribution in [2.45, 2.75) is 13.8 Å². The Morgan fingerprint density at radius 2 is 1.62 bits per heavy atom. The molecule has 0 aliphatic carbocycles. The first kappa shape index (κ1) is 23.0. The van der Waals surface area contributed by atoms with E-state index in [0.717, 1.165) is 5.69 Å². The number of amides is 2. The van der Waals surface area contributed by atoms with Crippen LogP contribution in [0.1, 0.15) is 34.6 Å². The molecule has 6 nitrogen and oxygen atoms in total. The van der Waals surface area contributed by atoms with Gasteiger partial charge in [0.25, 0.3) is 11.8 Å². The SMILES string of the molecule is CCOc1cccc(C(=O)NC(=S)Nc2ccc(C(=O)N(CC)c3ccccc3)cc2)c1. The Morgan fingerprint density at radius 1 is 0.906 bits per heavy atom. The van der Waals surface area contributed by atoms with E-state index in [9.17, 15) is 9.59 Å². The van der Waals surface area contributed by atoms with Crippen molar-refractivity contribution in [2.24, 2.45) is 0 Å². The molecule has 0 unspecified atom stereocenters. The number of ether oxygens (including phenoxy) is 1. The minimum atomic E-state index is -0.336. The first-order valence-corrected chi connectivity index (χ1v) is 10.7. The van der Waals surface area contributed by atoms with Gasteiger partial charge in [-0.15, -0.1) is 0 Å². The molecule has 0 aromatic heterocycles. The van der Waals surface area contributed by atoms with Crippen molar-refractivity contribution in [1.82, 2.24) is 5.32 Å². The van der Waals surface area contributed by atoms with Crippen molar-refractivity contribution in [3.63, 3.8) is 0 Å². The summed E-state index contributed by atoms with van der Waals surface area (Å²) in [5.74, 6) is 0.198. The fourth-order valence-corrected chi connectivity index (χ4v) is 3.35. The van der Waals surface area contributed by atoms with Gasteiger partial charge in [-0.1, -0.05) is 24.3 Å². The van der Waals surface area contributed by atoms with Gasteiger partial charge in [0, 0.05) is 29.0 Å². The van der Waals surface area contributed by atoms with E-state index < -0.39 is 0 Å². The second kappa shape index (κ2) is 11.1. The van der Waals surface area contributed by atoms with Crippen molar-refractivity contribution in [2.75, 3.05) is 23.4 Å². The minimum Gasteiger partial charge on any atom is -0.494 e. The molecule has 2 amide bonds. The van der Waals surface area contributed by atoms with Crippen LogP contribution < -0.4 is 20.3 Å². The molecule has 3 rings (SSSR count). The molecule has 3 aromatic carbocycles. The molecule has 2 N–H and O–H groups in total. The van der Waals surface area contributed by atoms with Crippen LogP contribution in [-0.4, -0.2) is 30.1 Å². The third-order valence-electron chi connectivity index (χ3n) is 4.65. The molecule has 0 fully saturated rings. The second-order valence-corrected chi connectivity index (χ2v) is 7.24. The first-order chi connectivity index (χ1) is 15.5. The summed E-state index contributed by atoms with van der Waals surface area (Å²) in [6.07, 6.45) is 0. The zero-order valence-electron chi connectivity index (χ0n) is 18.0. The highest BCUT2D eigenvalue weighted by Crippen LogP contribution is 2.18. The summed E-state index contributed by atoms with van der Waals surface area (Å²) in [4.78, 5) is 27.1. The largest absolute Gasteiger partial charge is 0.494 e. The lowest BCUT2D eigenvalue weighted by Crippen LogP contribution is -2.34. The van der Waals surface area contributed by atoms with E-state index in [0.29, 0.717) is 35.7 Å². The van der Waals surface area contributed by atoms with Crippen LogP contribution in [0.5, 0.6) is 5.75 Å².